The molecule has 1 aromatic rings. The van der Waals surface area contributed by atoms with Gasteiger partial charge in [0.15, 0.2) is 0 Å². The van der Waals surface area contributed by atoms with E-state index in [0.717, 1.165) is 0 Å². The molecule has 0 saturated carbocycles. The first kappa shape index (κ1) is 16.7. The van der Waals surface area contributed by atoms with Crippen molar-refractivity contribution in [1.82, 2.24) is 19.7 Å². The predicted octanol–water partition coefficient (Wildman–Crippen LogP) is -0.575. The van der Waals surface area contributed by atoms with Gasteiger partial charge >= 0.3 is 0 Å². The topological polar surface area (TPSA) is 99.8 Å². The van der Waals surface area contributed by atoms with Crippen LogP contribution in [0.2, 0.25) is 0 Å². The van der Waals surface area contributed by atoms with Crippen LogP contribution in [-0.2, 0) is 9.59 Å². The van der Waals surface area contributed by atoms with E-state index in [1.165, 1.54) is 22.9 Å². The molecule has 1 fully saturated rings. The van der Waals surface area contributed by atoms with E-state index in [1.54, 1.807) is 31.1 Å². The quantitative estimate of drug-likeness (QED) is 0.786. The van der Waals surface area contributed by atoms with Crippen LogP contribution >= 0.6 is 0 Å². The molecule has 0 bridgehead atoms. The zero-order valence-corrected chi connectivity index (χ0v) is 13.5. The summed E-state index contributed by atoms with van der Waals surface area (Å²) < 4.78 is 0. The number of carbonyl (C=O) groups excluding carboxylic acids is 3. The maximum Gasteiger partial charge on any atom is 0.258 e. The van der Waals surface area contributed by atoms with Crippen molar-refractivity contribution < 1.29 is 14.4 Å². The molecule has 2 heterocycles. The number of rotatable bonds is 2. The van der Waals surface area contributed by atoms with Crippen LogP contribution in [0, 0.1) is 0 Å². The van der Waals surface area contributed by atoms with Crippen LogP contribution in [-0.4, -0.2) is 77.2 Å². The Balaban J connectivity index is 2.31. The van der Waals surface area contributed by atoms with E-state index in [9.17, 15) is 14.4 Å². The Labute approximate surface area is 134 Å². The fourth-order valence-corrected chi connectivity index (χ4v) is 2.57. The summed E-state index contributed by atoms with van der Waals surface area (Å²) in [6, 6.07) is 2.48. The third-order valence-corrected chi connectivity index (χ3v) is 3.88. The van der Waals surface area contributed by atoms with Crippen molar-refractivity contribution in [2.45, 2.75) is 13.0 Å². The van der Waals surface area contributed by atoms with Gasteiger partial charge in [-0.2, -0.15) is 0 Å². The number of nitrogens with zero attached hydrogens (tertiary/aromatic N) is 4. The Bertz CT molecular complexity index is 631. The Morgan fingerprint density at radius 1 is 1.30 bits per heavy atom. The minimum atomic E-state index is -0.727. The van der Waals surface area contributed by atoms with Gasteiger partial charge < -0.3 is 20.4 Å². The van der Waals surface area contributed by atoms with E-state index in [2.05, 4.69) is 4.98 Å². The first-order chi connectivity index (χ1) is 10.8. The van der Waals surface area contributed by atoms with E-state index in [-0.39, 0.29) is 42.2 Å². The first-order valence-corrected chi connectivity index (χ1v) is 7.31. The van der Waals surface area contributed by atoms with Gasteiger partial charge in [-0.25, -0.2) is 4.98 Å². The number of carbonyl (C=O) groups is 3. The number of hydrogen-bond donors (Lipinski definition) is 1. The van der Waals surface area contributed by atoms with Crippen molar-refractivity contribution in [3.63, 3.8) is 0 Å². The van der Waals surface area contributed by atoms with Gasteiger partial charge in [-0.05, 0) is 12.1 Å². The Kier molecular flexibility index (Phi) is 4.83. The molecule has 1 unspecified atom stereocenters. The zero-order valence-electron chi connectivity index (χ0n) is 13.5. The number of hydrogen-bond acceptors (Lipinski definition) is 5. The summed E-state index contributed by atoms with van der Waals surface area (Å²) in [6.07, 6.45) is 1.50. The molecule has 1 atom stereocenters. The molecule has 0 aromatic carbocycles. The van der Waals surface area contributed by atoms with Crippen molar-refractivity contribution in [1.29, 1.82) is 0 Å². The highest BCUT2D eigenvalue weighted by Crippen LogP contribution is 2.18. The molecule has 2 rings (SSSR count). The number of anilines is 1. The van der Waals surface area contributed by atoms with Gasteiger partial charge in [-0.1, -0.05) is 0 Å². The SMILES string of the molecule is CC(=O)N1CCN(C(=O)c2cccnc2N)C(C(=O)N(C)C)C1. The van der Waals surface area contributed by atoms with Crippen LogP contribution in [0.15, 0.2) is 18.3 Å². The molecule has 1 aromatic heterocycles. The third-order valence-electron chi connectivity index (χ3n) is 3.88. The van der Waals surface area contributed by atoms with Crippen LogP contribution in [0.4, 0.5) is 5.82 Å². The molecule has 1 aliphatic heterocycles. The van der Waals surface area contributed by atoms with Crippen LogP contribution in [0.5, 0.6) is 0 Å². The predicted molar refractivity (Wildman–Crippen MR) is 84.4 cm³/mol. The third kappa shape index (κ3) is 3.41. The van der Waals surface area contributed by atoms with E-state index in [0.29, 0.717) is 6.54 Å². The van der Waals surface area contributed by atoms with Crippen LogP contribution in [0.1, 0.15) is 17.3 Å². The fraction of sp³-hybridized carbons (Fsp3) is 0.467. The van der Waals surface area contributed by atoms with Gasteiger partial charge in [0, 0.05) is 40.3 Å². The number of nitrogen functional groups attached to an aromatic ring is 1. The van der Waals surface area contributed by atoms with Gasteiger partial charge in [-0.15, -0.1) is 0 Å². The highest BCUT2D eigenvalue weighted by Gasteiger charge is 2.37. The average molecular weight is 319 g/mol. The Morgan fingerprint density at radius 3 is 2.57 bits per heavy atom. The monoisotopic (exact) mass is 319 g/mol. The number of pyridine rings is 1. The molecule has 8 heteroatoms. The van der Waals surface area contributed by atoms with E-state index in [4.69, 9.17) is 5.73 Å². The van der Waals surface area contributed by atoms with Crippen molar-refractivity contribution in [2.24, 2.45) is 0 Å². The number of nitrogens with two attached hydrogens (primary N) is 1. The second-order valence-electron chi connectivity index (χ2n) is 5.65. The molecule has 1 aliphatic rings. The highest BCUT2D eigenvalue weighted by atomic mass is 16.2. The number of aromatic nitrogens is 1. The molecule has 0 aliphatic carbocycles. The van der Waals surface area contributed by atoms with Crippen molar-refractivity contribution >= 4 is 23.5 Å². The fourth-order valence-electron chi connectivity index (χ4n) is 2.57. The summed E-state index contributed by atoms with van der Waals surface area (Å²) >= 11 is 0. The lowest BCUT2D eigenvalue weighted by Crippen LogP contribution is -2.61. The molecule has 8 nitrogen and oxygen atoms in total. The minimum Gasteiger partial charge on any atom is -0.383 e. The number of amides is 3. The van der Waals surface area contributed by atoms with E-state index >= 15 is 0 Å². The first-order valence-electron chi connectivity index (χ1n) is 7.31. The second kappa shape index (κ2) is 6.64. The second-order valence-corrected chi connectivity index (χ2v) is 5.65. The highest BCUT2D eigenvalue weighted by molar-refractivity contribution is 6.01. The van der Waals surface area contributed by atoms with Crippen LogP contribution in [0.3, 0.4) is 0 Å². The Hall–Kier alpha value is -2.64. The molecular weight excluding hydrogens is 298 g/mol. The molecule has 1 saturated heterocycles. The van der Waals surface area contributed by atoms with Crippen molar-refractivity contribution in [3.05, 3.63) is 23.9 Å². The molecule has 0 radical (unpaired) electrons. The van der Waals surface area contributed by atoms with Gasteiger partial charge in [0.05, 0.1) is 12.1 Å². The number of piperazine rings is 1. The lowest BCUT2D eigenvalue weighted by atomic mass is 10.1. The smallest absolute Gasteiger partial charge is 0.258 e. The van der Waals surface area contributed by atoms with Crippen molar-refractivity contribution in [3.8, 4) is 0 Å². The van der Waals surface area contributed by atoms with Gasteiger partial charge in [0.25, 0.3) is 5.91 Å². The molecule has 3 amide bonds. The summed E-state index contributed by atoms with van der Waals surface area (Å²) in [4.78, 5) is 45.2. The summed E-state index contributed by atoms with van der Waals surface area (Å²) in [6.45, 7) is 2.29. The van der Waals surface area contributed by atoms with Gasteiger partial charge in [0.2, 0.25) is 11.8 Å². The summed E-state index contributed by atoms with van der Waals surface area (Å²) in [5.74, 6) is -0.567. The Morgan fingerprint density at radius 2 is 2.00 bits per heavy atom. The maximum absolute atomic E-state index is 12.8. The lowest BCUT2D eigenvalue weighted by Gasteiger charge is -2.41. The van der Waals surface area contributed by atoms with E-state index in [1.807, 2.05) is 0 Å². The van der Waals surface area contributed by atoms with Crippen LogP contribution < -0.4 is 5.73 Å². The molecule has 23 heavy (non-hydrogen) atoms. The normalized spacial score (nSPS) is 17.8. The van der Waals surface area contributed by atoms with Crippen molar-refractivity contribution in [2.75, 3.05) is 39.5 Å². The minimum absolute atomic E-state index is 0.116. The zero-order chi connectivity index (χ0) is 17.1. The molecular formula is C15H21N5O3. The lowest BCUT2D eigenvalue weighted by molar-refractivity contribution is -0.139. The summed E-state index contributed by atoms with van der Waals surface area (Å²) in [5.41, 5.74) is 6.03. The summed E-state index contributed by atoms with van der Waals surface area (Å²) in [5, 5.41) is 0. The van der Waals surface area contributed by atoms with Gasteiger partial charge in [0.1, 0.15) is 11.9 Å². The van der Waals surface area contributed by atoms with Crippen LogP contribution in [0.25, 0.3) is 0 Å². The standard InChI is InChI=1S/C15H21N5O3/c1-10(21)19-7-8-20(12(9-19)15(23)18(2)3)14(22)11-5-4-6-17-13(11)16/h4-6,12H,7-9H2,1-3H3,(H2,16,17). The molecule has 124 valence electrons. The molecule has 2 N–H and O–H groups in total. The largest absolute Gasteiger partial charge is 0.383 e. The number of likely N-dealkylation sites (N-methyl/N-ethyl adjacent to an activating group) is 1. The average Bonchev–Trinajstić information content (AvgIpc) is 2.53. The van der Waals surface area contributed by atoms with Gasteiger partial charge in [-0.3, -0.25) is 14.4 Å². The molecule has 0 spiro atoms. The summed E-state index contributed by atoms with van der Waals surface area (Å²) in [7, 11) is 3.24. The van der Waals surface area contributed by atoms with E-state index < -0.39 is 6.04 Å². The maximum atomic E-state index is 12.8.